The van der Waals surface area contributed by atoms with Crippen LogP contribution in [0.15, 0.2) is 42.5 Å². The van der Waals surface area contributed by atoms with E-state index in [1.807, 2.05) is 0 Å². The summed E-state index contributed by atoms with van der Waals surface area (Å²) in [7, 11) is 3.15. The third-order valence-corrected chi connectivity index (χ3v) is 5.98. The molecular formula is C27H37N3O3. The molecule has 6 nitrogen and oxygen atoms in total. The van der Waals surface area contributed by atoms with Gasteiger partial charge in [-0.1, -0.05) is 44.7 Å². The number of rotatable bonds is 14. The van der Waals surface area contributed by atoms with Crippen molar-refractivity contribution in [3.8, 4) is 11.5 Å². The SMILES string of the molecule is CCCCCCn1c(CCCCCNC(=O)c2ccc(OC)c(OC)c2)nc2ccccc21. The second kappa shape index (κ2) is 12.9. The van der Waals surface area contributed by atoms with Gasteiger partial charge >= 0.3 is 0 Å². The number of benzene rings is 2. The molecule has 0 saturated heterocycles. The Kier molecular flexibility index (Phi) is 9.60. The van der Waals surface area contributed by atoms with Crippen molar-refractivity contribution in [3.05, 3.63) is 53.9 Å². The highest BCUT2D eigenvalue weighted by Crippen LogP contribution is 2.27. The van der Waals surface area contributed by atoms with Crippen LogP contribution in [0.5, 0.6) is 11.5 Å². The molecule has 3 rings (SSSR count). The van der Waals surface area contributed by atoms with Gasteiger partial charge in [0.05, 0.1) is 25.3 Å². The Hall–Kier alpha value is -3.02. The van der Waals surface area contributed by atoms with Gasteiger partial charge < -0.3 is 19.4 Å². The van der Waals surface area contributed by atoms with Gasteiger partial charge in [0, 0.05) is 25.1 Å². The first-order chi connectivity index (χ1) is 16.2. The van der Waals surface area contributed by atoms with E-state index in [4.69, 9.17) is 14.5 Å². The molecule has 0 radical (unpaired) electrons. The average molecular weight is 452 g/mol. The number of carbonyl (C=O) groups is 1. The fourth-order valence-electron chi connectivity index (χ4n) is 4.13. The molecule has 33 heavy (non-hydrogen) atoms. The number of aryl methyl sites for hydroxylation is 2. The minimum atomic E-state index is -0.0928. The third-order valence-electron chi connectivity index (χ3n) is 5.98. The highest BCUT2D eigenvalue weighted by atomic mass is 16.5. The van der Waals surface area contributed by atoms with Crippen molar-refractivity contribution in [3.63, 3.8) is 0 Å². The van der Waals surface area contributed by atoms with Crippen molar-refractivity contribution in [1.82, 2.24) is 14.9 Å². The maximum atomic E-state index is 12.4. The van der Waals surface area contributed by atoms with Crippen molar-refractivity contribution < 1.29 is 14.3 Å². The normalized spacial score (nSPS) is 11.0. The highest BCUT2D eigenvalue weighted by Gasteiger charge is 2.11. The van der Waals surface area contributed by atoms with Crippen LogP contribution in [0.25, 0.3) is 11.0 Å². The third kappa shape index (κ3) is 6.73. The Balaban J connectivity index is 1.46. The van der Waals surface area contributed by atoms with Gasteiger partial charge in [-0.3, -0.25) is 4.79 Å². The molecule has 3 aromatic rings. The molecule has 1 heterocycles. The van der Waals surface area contributed by atoms with Crippen LogP contribution in [0.1, 0.15) is 68.1 Å². The number of ether oxygens (including phenoxy) is 2. The smallest absolute Gasteiger partial charge is 0.251 e. The number of nitrogens with one attached hydrogen (secondary N) is 1. The fraction of sp³-hybridized carbons (Fsp3) is 0.481. The minimum absolute atomic E-state index is 0.0928. The van der Waals surface area contributed by atoms with Crippen LogP contribution >= 0.6 is 0 Å². The number of para-hydroxylation sites is 2. The van der Waals surface area contributed by atoms with Crippen molar-refractivity contribution in [2.75, 3.05) is 20.8 Å². The van der Waals surface area contributed by atoms with Crippen LogP contribution in [0, 0.1) is 0 Å². The Labute approximate surface area is 197 Å². The van der Waals surface area contributed by atoms with Crippen LogP contribution in [0.3, 0.4) is 0 Å². The molecule has 0 spiro atoms. The highest BCUT2D eigenvalue weighted by molar-refractivity contribution is 5.94. The topological polar surface area (TPSA) is 65.4 Å². The first kappa shape index (κ1) is 24.6. The van der Waals surface area contributed by atoms with Crippen molar-refractivity contribution in [2.24, 2.45) is 0 Å². The standard InChI is InChI=1S/C27H37N3O3/c1-4-5-6-12-19-30-23-14-10-9-13-22(23)29-26(30)15-8-7-11-18-28-27(31)21-16-17-24(32-2)25(20-21)33-3/h9-10,13-14,16-17,20H,4-8,11-12,15,18-19H2,1-3H3,(H,28,31). The Morgan fingerprint density at radius 1 is 0.939 bits per heavy atom. The molecule has 2 aromatic carbocycles. The Bertz CT molecular complexity index is 1030. The molecule has 6 heteroatoms. The number of carbonyl (C=O) groups excluding carboxylic acids is 1. The molecule has 0 saturated carbocycles. The van der Waals surface area contributed by atoms with E-state index in [0.717, 1.165) is 37.7 Å². The molecule has 1 amide bonds. The summed E-state index contributed by atoms with van der Waals surface area (Å²) in [6, 6.07) is 13.6. The van der Waals surface area contributed by atoms with Gasteiger partial charge in [0.2, 0.25) is 0 Å². The van der Waals surface area contributed by atoms with Crippen molar-refractivity contribution >= 4 is 16.9 Å². The number of aromatic nitrogens is 2. The summed E-state index contributed by atoms with van der Waals surface area (Å²) in [6.45, 7) is 3.94. The molecule has 1 aromatic heterocycles. The molecular weight excluding hydrogens is 414 g/mol. The van der Waals surface area contributed by atoms with Crippen molar-refractivity contribution in [1.29, 1.82) is 0 Å². The molecule has 0 aliphatic heterocycles. The zero-order valence-corrected chi connectivity index (χ0v) is 20.2. The van der Waals surface area contributed by atoms with E-state index in [0.29, 0.717) is 23.6 Å². The van der Waals surface area contributed by atoms with Crippen LogP contribution in [-0.4, -0.2) is 36.2 Å². The van der Waals surface area contributed by atoms with Gasteiger partial charge in [-0.25, -0.2) is 4.98 Å². The number of imidazole rings is 1. The van der Waals surface area contributed by atoms with Gasteiger partial charge in [0.1, 0.15) is 5.82 Å². The lowest BCUT2D eigenvalue weighted by molar-refractivity contribution is 0.0952. The van der Waals surface area contributed by atoms with Crippen LogP contribution in [-0.2, 0) is 13.0 Å². The van der Waals surface area contributed by atoms with Gasteiger partial charge in [0.25, 0.3) is 5.91 Å². The first-order valence-electron chi connectivity index (χ1n) is 12.1. The summed E-state index contributed by atoms with van der Waals surface area (Å²) < 4.78 is 12.9. The summed E-state index contributed by atoms with van der Waals surface area (Å²) >= 11 is 0. The lowest BCUT2D eigenvalue weighted by Gasteiger charge is -2.10. The van der Waals surface area contributed by atoms with E-state index in [-0.39, 0.29) is 5.91 Å². The number of nitrogens with zero attached hydrogens (tertiary/aromatic N) is 2. The number of amides is 1. The average Bonchev–Trinajstić information content (AvgIpc) is 3.20. The van der Waals surface area contributed by atoms with Gasteiger partial charge in [-0.05, 0) is 49.6 Å². The molecule has 0 aliphatic carbocycles. The molecule has 0 atom stereocenters. The molecule has 0 unspecified atom stereocenters. The Morgan fingerprint density at radius 2 is 1.73 bits per heavy atom. The largest absolute Gasteiger partial charge is 0.493 e. The molecule has 178 valence electrons. The number of unbranched alkanes of at least 4 members (excludes halogenated alkanes) is 5. The second-order valence-corrected chi connectivity index (χ2v) is 8.37. The number of fused-ring (bicyclic) bond motifs is 1. The van der Waals surface area contributed by atoms with Crippen LogP contribution in [0.4, 0.5) is 0 Å². The predicted molar refractivity (Wildman–Crippen MR) is 133 cm³/mol. The quantitative estimate of drug-likeness (QED) is 0.316. The van der Waals surface area contributed by atoms with Gasteiger partial charge in [0.15, 0.2) is 11.5 Å². The number of hydrogen-bond acceptors (Lipinski definition) is 4. The summed E-state index contributed by atoms with van der Waals surface area (Å²) in [5.74, 6) is 2.26. The zero-order valence-electron chi connectivity index (χ0n) is 20.2. The lowest BCUT2D eigenvalue weighted by Crippen LogP contribution is -2.24. The van der Waals surface area contributed by atoms with Gasteiger partial charge in [-0.15, -0.1) is 0 Å². The van der Waals surface area contributed by atoms with E-state index < -0.39 is 0 Å². The van der Waals surface area contributed by atoms with E-state index in [9.17, 15) is 4.79 Å². The maximum absolute atomic E-state index is 12.4. The fourth-order valence-corrected chi connectivity index (χ4v) is 4.13. The predicted octanol–water partition coefficient (Wildman–Crippen LogP) is 5.78. The second-order valence-electron chi connectivity index (χ2n) is 8.37. The molecule has 0 bridgehead atoms. The van der Waals surface area contributed by atoms with Crippen LogP contribution in [0.2, 0.25) is 0 Å². The molecule has 1 N–H and O–H groups in total. The first-order valence-corrected chi connectivity index (χ1v) is 12.1. The van der Waals surface area contributed by atoms with Gasteiger partial charge in [-0.2, -0.15) is 0 Å². The van der Waals surface area contributed by atoms with E-state index >= 15 is 0 Å². The number of hydrogen-bond donors (Lipinski definition) is 1. The van der Waals surface area contributed by atoms with Crippen molar-refractivity contribution in [2.45, 2.75) is 64.8 Å². The van der Waals surface area contributed by atoms with Crippen LogP contribution < -0.4 is 14.8 Å². The summed E-state index contributed by atoms with van der Waals surface area (Å²) in [5, 5.41) is 3.00. The zero-order chi connectivity index (χ0) is 23.5. The maximum Gasteiger partial charge on any atom is 0.251 e. The van der Waals surface area contributed by atoms with E-state index in [2.05, 4.69) is 41.1 Å². The molecule has 0 aliphatic rings. The van der Waals surface area contributed by atoms with E-state index in [1.165, 1.54) is 37.0 Å². The molecule has 0 fully saturated rings. The Morgan fingerprint density at radius 3 is 2.52 bits per heavy atom. The minimum Gasteiger partial charge on any atom is -0.493 e. The summed E-state index contributed by atoms with van der Waals surface area (Å²) in [4.78, 5) is 17.3. The summed E-state index contributed by atoms with van der Waals surface area (Å²) in [6.07, 6.45) is 9.01. The number of methoxy groups -OCH3 is 2. The van der Waals surface area contributed by atoms with E-state index in [1.54, 1.807) is 32.4 Å². The lowest BCUT2D eigenvalue weighted by atomic mass is 10.1. The monoisotopic (exact) mass is 451 g/mol. The summed E-state index contributed by atoms with van der Waals surface area (Å²) in [5.41, 5.74) is 2.90.